The first kappa shape index (κ1) is 18.2. The Hall–Kier alpha value is -3.18. The van der Waals surface area contributed by atoms with Crippen LogP contribution in [0, 0.1) is 0 Å². The summed E-state index contributed by atoms with van der Waals surface area (Å²) in [6.45, 7) is 0.867. The van der Waals surface area contributed by atoms with Crippen molar-refractivity contribution in [3.05, 3.63) is 69.6 Å². The molecule has 7 nitrogen and oxygen atoms in total. The van der Waals surface area contributed by atoms with Gasteiger partial charge < -0.3 is 15.2 Å². The fourth-order valence-corrected chi connectivity index (χ4v) is 2.39. The van der Waals surface area contributed by atoms with E-state index in [1.54, 1.807) is 25.3 Å². The SMILES string of the molecule is COc1ccc(C(N)=O)cc1OCCc1cccc(CCN=[N+]=[N-])c1. The van der Waals surface area contributed by atoms with Crippen molar-refractivity contribution >= 4 is 5.91 Å². The van der Waals surface area contributed by atoms with E-state index in [0.29, 0.717) is 43.1 Å². The maximum absolute atomic E-state index is 11.3. The minimum Gasteiger partial charge on any atom is -0.493 e. The Morgan fingerprint density at radius 1 is 1.16 bits per heavy atom. The predicted molar refractivity (Wildman–Crippen MR) is 94.9 cm³/mol. The van der Waals surface area contributed by atoms with E-state index in [-0.39, 0.29) is 0 Å². The van der Waals surface area contributed by atoms with Crippen molar-refractivity contribution in [3.63, 3.8) is 0 Å². The number of primary amides is 1. The molecule has 7 heteroatoms. The number of hydrogen-bond acceptors (Lipinski definition) is 4. The van der Waals surface area contributed by atoms with Gasteiger partial charge in [-0.15, -0.1) is 0 Å². The second-order valence-electron chi connectivity index (χ2n) is 5.35. The molecular formula is C18H20N4O3. The molecule has 0 aromatic heterocycles. The number of rotatable bonds is 9. The highest BCUT2D eigenvalue weighted by atomic mass is 16.5. The lowest BCUT2D eigenvalue weighted by molar-refractivity contribution is 0.0999. The van der Waals surface area contributed by atoms with Gasteiger partial charge in [0.25, 0.3) is 0 Å². The lowest BCUT2D eigenvalue weighted by Gasteiger charge is -2.12. The van der Waals surface area contributed by atoms with Crippen LogP contribution in [0.2, 0.25) is 0 Å². The molecule has 2 N–H and O–H groups in total. The van der Waals surface area contributed by atoms with E-state index in [1.807, 2.05) is 18.2 Å². The molecule has 1 amide bonds. The van der Waals surface area contributed by atoms with E-state index in [9.17, 15) is 4.79 Å². The Bertz CT molecular complexity index is 786. The van der Waals surface area contributed by atoms with E-state index in [0.717, 1.165) is 11.1 Å². The quantitative estimate of drug-likeness (QED) is 0.429. The summed E-state index contributed by atoms with van der Waals surface area (Å²) < 4.78 is 11.0. The maximum Gasteiger partial charge on any atom is 0.248 e. The summed E-state index contributed by atoms with van der Waals surface area (Å²) >= 11 is 0. The van der Waals surface area contributed by atoms with Gasteiger partial charge in [0.1, 0.15) is 0 Å². The van der Waals surface area contributed by atoms with Crippen LogP contribution in [0.1, 0.15) is 21.5 Å². The first-order valence-electron chi connectivity index (χ1n) is 7.83. The van der Waals surface area contributed by atoms with Gasteiger partial charge in [0, 0.05) is 23.4 Å². The van der Waals surface area contributed by atoms with Crippen molar-refractivity contribution in [2.24, 2.45) is 10.8 Å². The average molecular weight is 340 g/mol. The number of amides is 1. The largest absolute Gasteiger partial charge is 0.493 e. The van der Waals surface area contributed by atoms with Crippen LogP contribution in [0.15, 0.2) is 47.6 Å². The van der Waals surface area contributed by atoms with E-state index < -0.39 is 5.91 Å². The molecule has 0 aliphatic heterocycles. The number of carbonyl (C=O) groups is 1. The molecular weight excluding hydrogens is 320 g/mol. The lowest BCUT2D eigenvalue weighted by atomic mass is 10.1. The molecule has 2 aromatic carbocycles. The first-order valence-corrected chi connectivity index (χ1v) is 7.83. The van der Waals surface area contributed by atoms with Crippen molar-refractivity contribution in [1.82, 2.24) is 0 Å². The molecule has 0 aliphatic rings. The zero-order valence-electron chi connectivity index (χ0n) is 14.0. The van der Waals surface area contributed by atoms with Crippen LogP contribution in [0.4, 0.5) is 0 Å². The zero-order valence-corrected chi connectivity index (χ0v) is 14.0. The fourth-order valence-electron chi connectivity index (χ4n) is 2.39. The van der Waals surface area contributed by atoms with Gasteiger partial charge in [-0.1, -0.05) is 29.4 Å². The van der Waals surface area contributed by atoms with Crippen LogP contribution >= 0.6 is 0 Å². The second-order valence-corrected chi connectivity index (χ2v) is 5.35. The third-order valence-corrected chi connectivity index (χ3v) is 3.65. The van der Waals surface area contributed by atoms with E-state index in [1.165, 1.54) is 0 Å². The van der Waals surface area contributed by atoms with Gasteiger partial charge in [0.15, 0.2) is 11.5 Å². The molecule has 0 spiro atoms. The third-order valence-electron chi connectivity index (χ3n) is 3.65. The average Bonchev–Trinajstić information content (AvgIpc) is 2.62. The van der Waals surface area contributed by atoms with Crippen molar-refractivity contribution in [1.29, 1.82) is 0 Å². The maximum atomic E-state index is 11.3. The molecule has 0 unspecified atom stereocenters. The Morgan fingerprint density at radius 3 is 2.60 bits per heavy atom. The summed E-state index contributed by atoms with van der Waals surface area (Å²) in [7, 11) is 1.54. The van der Waals surface area contributed by atoms with Crippen molar-refractivity contribution < 1.29 is 14.3 Å². The molecule has 0 bridgehead atoms. The number of azide groups is 1. The van der Waals surface area contributed by atoms with Crippen molar-refractivity contribution in [2.75, 3.05) is 20.3 Å². The summed E-state index contributed by atoms with van der Waals surface area (Å²) in [5.41, 5.74) is 16.2. The molecule has 0 saturated heterocycles. The fraction of sp³-hybridized carbons (Fsp3) is 0.278. The Labute approximate surface area is 146 Å². The molecule has 0 atom stereocenters. The monoisotopic (exact) mass is 340 g/mol. The zero-order chi connectivity index (χ0) is 18.1. The molecule has 130 valence electrons. The molecule has 0 saturated carbocycles. The van der Waals surface area contributed by atoms with E-state index in [2.05, 4.69) is 16.1 Å². The van der Waals surface area contributed by atoms with Crippen molar-refractivity contribution in [2.45, 2.75) is 12.8 Å². The highest BCUT2D eigenvalue weighted by Crippen LogP contribution is 2.28. The molecule has 0 aliphatic carbocycles. The van der Waals surface area contributed by atoms with Gasteiger partial charge in [0.2, 0.25) is 5.91 Å². The van der Waals surface area contributed by atoms with Gasteiger partial charge in [-0.05, 0) is 41.3 Å². The number of methoxy groups -OCH3 is 1. The molecule has 0 radical (unpaired) electrons. The minimum absolute atomic E-state index is 0.371. The number of nitrogens with zero attached hydrogens (tertiary/aromatic N) is 3. The van der Waals surface area contributed by atoms with E-state index in [4.69, 9.17) is 20.7 Å². The summed E-state index contributed by atoms with van der Waals surface area (Å²) in [4.78, 5) is 14.0. The summed E-state index contributed by atoms with van der Waals surface area (Å²) in [5, 5.41) is 3.54. The third kappa shape index (κ3) is 5.44. The van der Waals surface area contributed by atoms with Crippen LogP contribution in [-0.2, 0) is 12.8 Å². The molecule has 0 heterocycles. The Kier molecular flexibility index (Phi) is 6.68. The second kappa shape index (κ2) is 9.20. The number of benzene rings is 2. The van der Waals surface area contributed by atoms with Crippen LogP contribution < -0.4 is 15.2 Å². The normalized spacial score (nSPS) is 9.96. The van der Waals surface area contributed by atoms with Crippen LogP contribution in [0.5, 0.6) is 11.5 Å². The van der Waals surface area contributed by atoms with Gasteiger partial charge >= 0.3 is 0 Å². The number of nitrogens with two attached hydrogens (primary N) is 1. The Balaban J connectivity index is 1.98. The predicted octanol–water partition coefficient (Wildman–Crippen LogP) is 3.27. The van der Waals surface area contributed by atoms with Gasteiger partial charge in [-0.25, -0.2) is 0 Å². The lowest BCUT2D eigenvalue weighted by Crippen LogP contribution is -2.11. The number of hydrogen-bond donors (Lipinski definition) is 1. The molecule has 2 rings (SSSR count). The van der Waals surface area contributed by atoms with Crippen LogP contribution in [-0.4, -0.2) is 26.2 Å². The van der Waals surface area contributed by atoms with Crippen LogP contribution in [0.25, 0.3) is 10.4 Å². The van der Waals surface area contributed by atoms with Crippen molar-refractivity contribution in [3.8, 4) is 11.5 Å². The van der Waals surface area contributed by atoms with Gasteiger partial charge in [0.05, 0.1) is 13.7 Å². The van der Waals surface area contributed by atoms with Gasteiger partial charge in [-0.2, -0.15) is 0 Å². The molecule has 25 heavy (non-hydrogen) atoms. The van der Waals surface area contributed by atoms with Gasteiger partial charge in [-0.3, -0.25) is 4.79 Å². The summed E-state index contributed by atoms with van der Waals surface area (Å²) in [6, 6.07) is 12.9. The molecule has 2 aromatic rings. The van der Waals surface area contributed by atoms with E-state index >= 15 is 0 Å². The van der Waals surface area contributed by atoms with Crippen LogP contribution in [0.3, 0.4) is 0 Å². The first-order chi connectivity index (χ1) is 12.1. The number of ether oxygens (including phenoxy) is 2. The standard InChI is InChI=1S/C18H20N4O3/c1-24-16-6-5-15(18(19)23)12-17(16)25-10-8-14-4-2-3-13(11-14)7-9-21-22-20/h2-6,11-12H,7-10H2,1H3,(H2,19,23). The number of carbonyl (C=O) groups excluding carboxylic acids is 1. The summed E-state index contributed by atoms with van der Waals surface area (Å²) in [6.07, 6.45) is 1.40. The molecule has 0 fully saturated rings. The smallest absolute Gasteiger partial charge is 0.248 e. The summed E-state index contributed by atoms with van der Waals surface area (Å²) in [5.74, 6) is 0.520. The highest BCUT2D eigenvalue weighted by Gasteiger charge is 2.09. The topological polar surface area (TPSA) is 110 Å². The highest BCUT2D eigenvalue weighted by molar-refractivity contribution is 5.93. The minimum atomic E-state index is -0.514. The Morgan fingerprint density at radius 2 is 1.92 bits per heavy atom.